The fourth-order valence-corrected chi connectivity index (χ4v) is 5.64. The second-order valence-corrected chi connectivity index (χ2v) is 9.74. The van der Waals surface area contributed by atoms with Crippen molar-refractivity contribution in [3.05, 3.63) is 24.3 Å². The fourth-order valence-electron chi connectivity index (χ4n) is 4.73. The van der Waals surface area contributed by atoms with E-state index in [1.165, 1.54) is 11.8 Å². The Balaban J connectivity index is 1.31. The van der Waals surface area contributed by atoms with Crippen LogP contribution in [0.4, 0.5) is 5.82 Å². The summed E-state index contributed by atoms with van der Waals surface area (Å²) in [5.41, 5.74) is 1.71. The van der Waals surface area contributed by atoms with Gasteiger partial charge in [-0.2, -0.15) is 0 Å². The quantitative estimate of drug-likeness (QED) is 0.648. The summed E-state index contributed by atoms with van der Waals surface area (Å²) in [6, 6.07) is 7.89. The highest BCUT2D eigenvalue weighted by atomic mass is 32.2. The Kier molecular flexibility index (Phi) is 6.24. The lowest BCUT2D eigenvalue weighted by molar-refractivity contribution is -0.186. The van der Waals surface area contributed by atoms with E-state index < -0.39 is 5.79 Å². The predicted molar refractivity (Wildman–Crippen MR) is 123 cm³/mol. The average molecular weight is 459 g/mol. The lowest BCUT2D eigenvalue weighted by atomic mass is 10.0. The number of ether oxygens (including phenoxy) is 3. The van der Waals surface area contributed by atoms with Crippen LogP contribution in [0.15, 0.2) is 29.3 Å². The third-order valence-electron chi connectivity index (χ3n) is 6.26. The van der Waals surface area contributed by atoms with Gasteiger partial charge in [0, 0.05) is 39.0 Å². The first-order valence-electron chi connectivity index (χ1n) is 11.4. The molecule has 2 atom stereocenters. The molecule has 3 aliphatic rings. The second-order valence-electron chi connectivity index (χ2n) is 8.78. The molecule has 3 fully saturated rings. The van der Waals surface area contributed by atoms with Crippen LogP contribution in [0.2, 0.25) is 0 Å². The van der Waals surface area contributed by atoms with Gasteiger partial charge in [-0.05, 0) is 26.0 Å². The van der Waals surface area contributed by atoms with Gasteiger partial charge in [0.15, 0.2) is 11.6 Å². The van der Waals surface area contributed by atoms with E-state index >= 15 is 0 Å². The number of nitrogens with zero attached hydrogens (tertiary/aromatic N) is 4. The lowest BCUT2D eigenvalue weighted by Gasteiger charge is -2.37. The van der Waals surface area contributed by atoms with Crippen molar-refractivity contribution in [1.82, 2.24) is 14.9 Å². The SMILES string of the molecule is C[C@@H]1CN(c2nc3ccccc3nc2SCC(=O)N2CCC3(CC2)OCCO3)C[C@@H](C)O1. The van der Waals surface area contributed by atoms with Crippen molar-refractivity contribution in [3.8, 4) is 0 Å². The van der Waals surface area contributed by atoms with Crippen LogP contribution in [-0.2, 0) is 19.0 Å². The highest BCUT2D eigenvalue weighted by molar-refractivity contribution is 8.00. The smallest absolute Gasteiger partial charge is 0.232 e. The summed E-state index contributed by atoms with van der Waals surface area (Å²) in [5, 5.41) is 0.800. The molecule has 0 bridgehead atoms. The molecule has 0 saturated carbocycles. The molecule has 1 spiro atoms. The molecule has 3 aliphatic heterocycles. The summed E-state index contributed by atoms with van der Waals surface area (Å²) in [6.45, 7) is 8.28. The molecule has 1 aromatic carbocycles. The van der Waals surface area contributed by atoms with Gasteiger partial charge in [0.1, 0.15) is 5.03 Å². The average Bonchev–Trinajstić information content (AvgIpc) is 3.24. The first-order chi connectivity index (χ1) is 15.5. The summed E-state index contributed by atoms with van der Waals surface area (Å²) >= 11 is 1.47. The normalized spacial score (nSPS) is 25.6. The number of aromatic nitrogens is 2. The Labute approximate surface area is 192 Å². The predicted octanol–water partition coefficient (Wildman–Crippen LogP) is 2.70. The molecule has 1 aromatic heterocycles. The molecule has 0 N–H and O–H groups in total. The number of carbonyl (C=O) groups excluding carboxylic acids is 1. The van der Waals surface area contributed by atoms with E-state index in [1.807, 2.05) is 29.2 Å². The molecule has 9 heteroatoms. The van der Waals surface area contributed by atoms with Crippen molar-refractivity contribution in [2.75, 3.05) is 50.0 Å². The van der Waals surface area contributed by atoms with E-state index in [-0.39, 0.29) is 18.1 Å². The number of fused-ring (bicyclic) bond motifs is 1. The van der Waals surface area contributed by atoms with Gasteiger partial charge in [-0.1, -0.05) is 23.9 Å². The maximum absolute atomic E-state index is 13.0. The number of carbonyl (C=O) groups is 1. The minimum Gasteiger partial charge on any atom is -0.372 e. The number of amides is 1. The largest absolute Gasteiger partial charge is 0.372 e. The van der Waals surface area contributed by atoms with Gasteiger partial charge in [0.2, 0.25) is 5.91 Å². The summed E-state index contributed by atoms with van der Waals surface area (Å²) in [5.74, 6) is 0.829. The third-order valence-corrected chi connectivity index (χ3v) is 7.20. The Morgan fingerprint density at radius 3 is 2.34 bits per heavy atom. The number of benzene rings is 1. The zero-order chi connectivity index (χ0) is 22.1. The van der Waals surface area contributed by atoms with Crippen molar-refractivity contribution in [3.63, 3.8) is 0 Å². The number of rotatable bonds is 4. The van der Waals surface area contributed by atoms with E-state index in [9.17, 15) is 4.79 Å². The van der Waals surface area contributed by atoms with E-state index in [2.05, 4.69) is 18.7 Å². The lowest BCUT2D eigenvalue weighted by Crippen LogP contribution is -2.47. The van der Waals surface area contributed by atoms with Crippen LogP contribution in [0.5, 0.6) is 0 Å². The molecule has 2 aromatic rings. The Hall–Kier alpha value is -1.94. The fraction of sp³-hybridized carbons (Fsp3) is 0.609. The number of thioether (sulfide) groups is 1. The molecule has 3 saturated heterocycles. The van der Waals surface area contributed by atoms with Crippen molar-refractivity contribution in [2.24, 2.45) is 0 Å². The number of likely N-dealkylation sites (tertiary alicyclic amines) is 1. The molecule has 172 valence electrons. The van der Waals surface area contributed by atoms with Gasteiger partial charge in [-0.25, -0.2) is 9.97 Å². The molecule has 0 radical (unpaired) electrons. The Morgan fingerprint density at radius 1 is 1.06 bits per heavy atom. The van der Waals surface area contributed by atoms with Crippen LogP contribution in [0.1, 0.15) is 26.7 Å². The Morgan fingerprint density at radius 2 is 1.69 bits per heavy atom. The minimum atomic E-state index is -0.468. The van der Waals surface area contributed by atoms with Crippen LogP contribution in [0.3, 0.4) is 0 Å². The van der Waals surface area contributed by atoms with Crippen molar-refractivity contribution >= 4 is 34.5 Å². The molecule has 4 heterocycles. The maximum Gasteiger partial charge on any atom is 0.232 e. The van der Waals surface area contributed by atoms with E-state index in [0.29, 0.717) is 32.1 Å². The topological polar surface area (TPSA) is 77.0 Å². The van der Waals surface area contributed by atoms with Crippen molar-refractivity contribution in [1.29, 1.82) is 0 Å². The molecule has 32 heavy (non-hydrogen) atoms. The van der Waals surface area contributed by atoms with Crippen LogP contribution in [0, 0.1) is 0 Å². The molecule has 0 unspecified atom stereocenters. The van der Waals surface area contributed by atoms with E-state index in [4.69, 9.17) is 24.2 Å². The summed E-state index contributed by atoms with van der Waals surface area (Å²) < 4.78 is 17.5. The molecule has 0 aliphatic carbocycles. The summed E-state index contributed by atoms with van der Waals surface area (Å²) in [6.07, 6.45) is 1.70. The highest BCUT2D eigenvalue weighted by Crippen LogP contribution is 2.33. The zero-order valence-corrected chi connectivity index (χ0v) is 19.5. The number of piperidine rings is 1. The van der Waals surface area contributed by atoms with Crippen LogP contribution < -0.4 is 4.90 Å². The van der Waals surface area contributed by atoms with Crippen molar-refractivity contribution < 1.29 is 19.0 Å². The third kappa shape index (κ3) is 4.57. The number of anilines is 1. The molecular weight excluding hydrogens is 428 g/mol. The zero-order valence-electron chi connectivity index (χ0n) is 18.7. The number of morpholine rings is 1. The van der Waals surface area contributed by atoms with E-state index in [0.717, 1.165) is 47.8 Å². The van der Waals surface area contributed by atoms with Gasteiger partial charge in [0.05, 0.1) is 42.2 Å². The molecule has 5 rings (SSSR count). The van der Waals surface area contributed by atoms with Crippen LogP contribution >= 0.6 is 11.8 Å². The first kappa shape index (κ1) is 21.9. The minimum absolute atomic E-state index is 0.118. The summed E-state index contributed by atoms with van der Waals surface area (Å²) in [7, 11) is 0. The standard InChI is InChI=1S/C23H30N4O4S/c1-16-13-27(14-17(2)31-16)21-22(25-19-6-4-3-5-18(19)24-21)32-15-20(28)26-9-7-23(8-10-26)29-11-12-30-23/h3-6,16-17H,7-15H2,1-2H3/t16-,17-/m1/s1. The van der Waals surface area contributed by atoms with Crippen LogP contribution in [0.25, 0.3) is 11.0 Å². The Bertz CT molecular complexity index is 964. The van der Waals surface area contributed by atoms with Crippen molar-refractivity contribution in [2.45, 2.75) is 49.7 Å². The summed E-state index contributed by atoms with van der Waals surface area (Å²) in [4.78, 5) is 26.9. The number of hydrogen-bond donors (Lipinski definition) is 0. The number of hydrogen-bond acceptors (Lipinski definition) is 8. The molecule has 8 nitrogen and oxygen atoms in total. The molecular formula is C23H30N4O4S. The van der Waals surface area contributed by atoms with Gasteiger partial charge in [-0.3, -0.25) is 4.79 Å². The van der Waals surface area contributed by atoms with Gasteiger partial charge < -0.3 is 24.0 Å². The van der Waals surface area contributed by atoms with E-state index in [1.54, 1.807) is 0 Å². The molecule has 1 amide bonds. The number of para-hydroxylation sites is 2. The monoisotopic (exact) mass is 458 g/mol. The highest BCUT2D eigenvalue weighted by Gasteiger charge is 2.40. The first-order valence-corrected chi connectivity index (χ1v) is 12.4. The second kappa shape index (κ2) is 9.13. The van der Waals surface area contributed by atoms with Gasteiger partial charge >= 0.3 is 0 Å². The van der Waals surface area contributed by atoms with Crippen LogP contribution in [-0.4, -0.2) is 83.9 Å². The van der Waals surface area contributed by atoms with Gasteiger partial charge in [0.25, 0.3) is 0 Å². The maximum atomic E-state index is 13.0. The van der Waals surface area contributed by atoms with Gasteiger partial charge in [-0.15, -0.1) is 0 Å².